The van der Waals surface area contributed by atoms with Crippen LogP contribution in [0.2, 0.25) is 0 Å². The lowest BCUT2D eigenvalue weighted by atomic mass is 10.0. The van der Waals surface area contributed by atoms with Gasteiger partial charge < -0.3 is 5.73 Å². The highest BCUT2D eigenvalue weighted by Gasteiger charge is 2.35. The minimum absolute atomic E-state index is 0.0116. The third kappa shape index (κ3) is 2.49. The van der Waals surface area contributed by atoms with Crippen molar-refractivity contribution in [1.82, 2.24) is 0 Å². The van der Waals surface area contributed by atoms with Crippen LogP contribution in [0.3, 0.4) is 0 Å². The van der Waals surface area contributed by atoms with E-state index < -0.39 is 10.0 Å². The lowest BCUT2D eigenvalue weighted by molar-refractivity contribution is 0.588. The molecule has 1 unspecified atom stereocenters. The van der Waals surface area contributed by atoms with Crippen LogP contribution < -0.4 is 10.0 Å². The van der Waals surface area contributed by atoms with Gasteiger partial charge in [0.15, 0.2) is 0 Å². The summed E-state index contributed by atoms with van der Waals surface area (Å²) < 4.78 is 26.3. The predicted molar refractivity (Wildman–Crippen MR) is 76.6 cm³/mol. The van der Waals surface area contributed by atoms with Gasteiger partial charge in [0.1, 0.15) is 0 Å². The number of hydrogen-bond acceptors (Lipinski definition) is 3. The van der Waals surface area contributed by atoms with Gasteiger partial charge in [-0.25, -0.2) is 8.42 Å². The van der Waals surface area contributed by atoms with E-state index in [1.54, 1.807) is 4.31 Å². The summed E-state index contributed by atoms with van der Waals surface area (Å²) >= 11 is 0. The Morgan fingerprint density at radius 1 is 1.42 bits per heavy atom. The Balaban J connectivity index is 1.89. The molecule has 1 aromatic rings. The number of rotatable bonds is 4. The van der Waals surface area contributed by atoms with Crippen molar-refractivity contribution in [1.29, 1.82) is 0 Å². The van der Waals surface area contributed by atoms with Crippen molar-refractivity contribution in [3.05, 3.63) is 29.3 Å². The summed E-state index contributed by atoms with van der Waals surface area (Å²) in [6.45, 7) is 2.52. The smallest absolute Gasteiger partial charge is 0.235 e. The molecule has 0 radical (unpaired) electrons. The fourth-order valence-electron chi connectivity index (χ4n) is 2.64. The molecule has 0 aromatic heterocycles. The lowest BCUT2D eigenvalue weighted by Gasteiger charge is -2.19. The number of fused-ring (bicyclic) bond motifs is 1. The summed E-state index contributed by atoms with van der Waals surface area (Å²) in [6.07, 6.45) is 2.91. The summed E-state index contributed by atoms with van der Waals surface area (Å²) in [7, 11) is -3.14. The number of hydrogen-bond donors (Lipinski definition) is 1. The van der Waals surface area contributed by atoms with Gasteiger partial charge in [0.25, 0.3) is 0 Å². The van der Waals surface area contributed by atoms with Crippen molar-refractivity contribution >= 4 is 15.7 Å². The zero-order chi connectivity index (χ0) is 13.6. The third-order valence-corrected chi connectivity index (χ3v) is 5.90. The fraction of sp³-hybridized carbons (Fsp3) is 0.571. The van der Waals surface area contributed by atoms with Gasteiger partial charge in [-0.1, -0.05) is 12.1 Å². The molecule has 0 saturated heterocycles. The van der Waals surface area contributed by atoms with Crippen molar-refractivity contribution in [2.75, 3.05) is 16.6 Å². The number of benzene rings is 1. The molecule has 1 fully saturated rings. The summed E-state index contributed by atoms with van der Waals surface area (Å²) in [4.78, 5) is 0. The highest BCUT2D eigenvalue weighted by atomic mass is 32.2. The largest absolute Gasteiger partial charge is 0.324 e. The number of sulfonamides is 1. The maximum Gasteiger partial charge on any atom is 0.235 e. The molecule has 1 atom stereocenters. The molecule has 5 heteroatoms. The van der Waals surface area contributed by atoms with Crippen molar-refractivity contribution in [3.8, 4) is 0 Å². The van der Waals surface area contributed by atoms with Crippen LogP contribution in [0.1, 0.15) is 36.9 Å². The topological polar surface area (TPSA) is 63.4 Å². The molecular formula is C14H20N2O2S. The van der Waals surface area contributed by atoms with Gasteiger partial charge in [0.2, 0.25) is 10.0 Å². The van der Waals surface area contributed by atoms with Crippen LogP contribution in [-0.2, 0) is 16.4 Å². The third-order valence-electron chi connectivity index (χ3n) is 3.96. The Morgan fingerprint density at radius 2 is 2.16 bits per heavy atom. The van der Waals surface area contributed by atoms with Crippen molar-refractivity contribution in [2.24, 2.45) is 11.7 Å². The molecule has 2 aliphatic rings. The molecule has 19 heavy (non-hydrogen) atoms. The van der Waals surface area contributed by atoms with E-state index in [1.165, 1.54) is 0 Å². The van der Waals surface area contributed by atoms with Gasteiger partial charge in [-0.2, -0.15) is 0 Å². The molecule has 1 aliphatic heterocycles. The minimum atomic E-state index is -3.14. The first kappa shape index (κ1) is 12.9. The molecule has 0 bridgehead atoms. The first-order valence-electron chi connectivity index (χ1n) is 6.86. The normalized spacial score (nSPS) is 20.4. The summed E-state index contributed by atoms with van der Waals surface area (Å²) in [5, 5.41) is 0. The second kappa shape index (κ2) is 4.49. The van der Waals surface area contributed by atoms with Crippen molar-refractivity contribution in [3.63, 3.8) is 0 Å². The molecule has 3 rings (SSSR count). The van der Waals surface area contributed by atoms with Crippen LogP contribution in [0.25, 0.3) is 0 Å². The Labute approximate surface area is 114 Å². The number of nitrogens with zero attached hydrogens (tertiary/aromatic N) is 1. The van der Waals surface area contributed by atoms with E-state index in [-0.39, 0.29) is 6.04 Å². The first-order chi connectivity index (χ1) is 8.97. The average Bonchev–Trinajstić information content (AvgIpc) is 3.04. The zero-order valence-corrected chi connectivity index (χ0v) is 12.0. The van der Waals surface area contributed by atoms with Crippen molar-refractivity contribution < 1.29 is 8.42 Å². The average molecular weight is 280 g/mol. The van der Waals surface area contributed by atoms with E-state index in [4.69, 9.17) is 5.73 Å². The highest BCUT2D eigenvalue weighted by Crippen LogP contribution is 2.36. The molecule has 104 valence electrons. The van der Waals surface area contributed by atoms with Gasteiger partial charge in [-0.15, -0.1) is 0 Å². The summed E-state index contributed by atoms with van der Waals surface area (Å²) in [5.74, 6) is 0.693. The Kier molecular flexibility index (Phi) is 3.06. The minimum Gasteiger partial charge on any atom is -0.324 e. The van der Waals surface area contributed by atoms with Gasteiger partial charge in [0, 0.05) is 12.6 Å². The van der Waals surface area contributed by atoms with Gasteiger partial charge in [-0.05, 0) is 49.3 Å². The van der Waals surface area contributed by atoms with E-state index in [2.05, 4.69) is 0 Å². The molecule has 0 amide bonds. The van der Waals surface area contributed by atoms with Crippen LogP contribution in [0, 0.1) is 5.92 Å². The standard InChI is InChI=1S/C14H20N2O2S/c1-10(15)12-4-5-14-13(8-12)6-7-16(14)19(17,18)9-11-2-3-11/h4-5,8,10-11H,2-3,6-7,9,15H2,1H3. The highest BCUT2D eigenvalue weighted by molar-refractivity contribution is 7.92. The van der Waals surface area contributed by atoms with Gasteiger partial charge >= 0.3 is 0 Å². The van der Waals surface area contributed by atoms with Gasteiger partial charge in [0.05, 0.1) is 11.4 Å². The fourth-order valence-corrected chi connectivity index (χ4v) is 4.59. The maximum absolute atomic E-state index is 12.4. The SMILES string of the molecule is CC(N)c1ccc2c(c1)CCN2S(=O)(=O)CC1CC1. The van der Waals surface area contributed by atoms with E-state index in [9.17, 15) is 8.42 Å². The van der Waals surface area contributed by atoms with E-state index in [0.29, 0.717) is 18.2 Å². The van der Waals surface area contributed by atoms with Crippen LogP contribution in [-0.4, -0.2) is 20.7 Å². The monoisotopic (exact) mass is 280 g/mol. The molecule has 1 aromatic carbocycles. The molecule has 1 aliphatic carbocycles. The molecule has 2 N–H and O–H groups in total. The first-order valence-corrected chi connectivity index (χ1v) is 8.47. The van der Waals surface area contributed by atoms with Crippen LogP contribution in [0.5, 0.6) is 0 Å². The second-order valence-electron chi connectivity index (χ2n) is 5.72. The van der Waals surface area contributed by atoms with Gasteiger partial charge in [-0.3, -0.25) is 4.31 Å². The van der Waals surface area contributed by atoms with E-state index >= 15 is 0 Å². The molecule has 1 heterocycles. The molecule has 4 nitrogen and oxygen atoms in total. The van der Waals surface area contributed by atoms with Crippen LogP contribution in [0.4, 0.5) is 5.69 Å². The Morgan fingerprint density at radius 3 is 2.79 bits per heavy atom. The van der Waals surface area contributed by atoms with Crippen LogP contribution in [0.15, 0.2) is 18.2 Å². The zero-order valence-electron chi connectivity index (χ0n) is 11.2. The predicted octanol–water partition coefficient (Wildman–Crippen LogP) is 1.81. The Hall–Kier alpha value is -1.07. The van der Waals surface area contributed by atoms with Crippen LogP contribution >= 0.6 is 0 Å². The van der Waals surface area contributed by atoms with E-state index in [0.717, 1.165) is 36.1 Å². The molecular weight excluding hydrogens is 260 g/mol. The summed E-state index contributed by atoms with van der Waals surface area (Å²) in [5.41, 5.74) is 8.90. The second-order valence-corrected chi connectivity index (χ2v) is 7.66. The van der Waals surface area contributed by atoms with E-state index in [1.807, 2.05) is 25.1 Å². The Bertz CT molecular complexity index is 591. The maximum atomic E-state index is 12.4. The number of anilines is 1. The molecule has 1 saturated carbocycles. The lowest BCUT2D eigenvalue weighted by Crippen LogP contribution is -2.32. The quantitative estimate of drug-likeness (QED) is 0.915. The molecule has 0 spiro atoms. The summed E-state index contributed by atoms with van der Waals surface area (Å²) in [6, 6.07) is 5.88. The van der Waals surface area contributed by atoms with Crippen molar-refractivity contribution in [2.45, 2.75) is 32.2 Å². The number of nitrogens with two attached hydrogens (primary N) is 1.